The molecule has 0 spiro atoms. The molecule has 1 rings (SSSR count). The summed E-state index contributed by atoms with van der Waals surface area (Å²) >= 11 is 0. The number of benzene rings is 1. The third-order valence-electron chi connectivity index (χ3n) is 10.8. The molecular weight excluding hydrogens is 927 g/mol. The second kappa shape index (κ2) is 41.7. The minimum atomic E-state index is -0.558. The standard InChI is InChI=1S/C20H32N2O2.C17H32N2O3.C13H25NO2.3C4H10/c1-20(2,3)19(24)16(11-7-8-12-21)14-18(23)17(22)13-15-9-5-4-6-10-15;1-11(2)15(18)14(21)10-13(16(22)17(4,5)6)8-7-9-19-12(3)20;1-8(2)11(14)10(15)7-9(3)12(16)13(4,5)6;3*1-4(2)3/h4-6,9-10,16-17H,7-8,11-14,21-22H2,1-3H3;11,13,15H,7-10,18H2,1-6H3,(H,19,20);8-9,11H,7,14H2,1-6H3;3*4H,1-3H3. The van der Waals surface area contributed by atoms with Gasteiger partial charge in [0.1, 0.15) is 23.1 Å². The molecule has 6 unspecified atom stereocenters. The fraction of sp³-hybridized carbons (Fsp3) is 0.790. The molecule has 0 aliphatic rings. The monoisotopic (exact) mass is 1050 g/mol. The van der Waals surface area contributed by atoms with Crippen LogP contribution in [0.1, 0.15) is 223 Å². The van der Waals surface area contributed by atoms with Crippen molar-refractivity contribution in [3.63, 3.8) is 0 Å². The third kappa shape index (κ3) is 45.9. The van der Waals surface area contributed by atoms with Crippen molar-refractivity contribution in [2.45, 2.75) is 242 Å². The van der Waals surface area contributed by atoms with Crippen molar-refractivity contribution in [3.8, 4) is 0 Å². The van der Waals surface area contributed by atoms with Gasteiger partial charge in [0.05, 0.1) is 18.1 Å². The summed E-state index contributed by atoms with van der Waals surface area (Å²) in [5.41, 5.74) is 23.0. The highest BCUT2D eigenvalue weighted by atomic mass is 16.2. The molecule has 1 amide bonds. The van der Waals surface area contributed by atoms with Gasteiger partial charge in [0.25, 0.3) is 0 Å². The molecular formula is C62H119N5O7. The zero-order chi connectivity index (χ0) is 59.5. The van der Waals surface area contributed by atoms with E-state index in [0.717, 1.165) is 36.2 Å². The van der Waals surface area contributed by atoms with Crippen LogP contribution in [0.2, 0.25) is 0 Å². The zero-order valence-corrected chi connectivity index (χ0v) is 52.2. The first-order chi connectivity index (χ1) is 33.5. The summed E-state index contributed by atoms with van der Waals surface area (Å²) in [6.45, 7) is 48.5. The molecule has 0 aromatic heterocycles. The largest absolute Gasteiger partial charge is 0.356 e. The number of nitrogens with one attached hydrogen (secondary N) is 1. The molecule has 0 aliphatic heterocycles. The lowest BCUT2D eigenvalue weighted by Gasteiger charge is -2.25. The van der Waals surface area contributed by atoms with E-state index in [2.05, 4.69) is 67.6 Å². The molecule has 0 bridgehead atoms. The Morgan fingerprint density at radius 3 is 1.15 bits per heavy atom. The van der Waals surface area contributed by atoms with E-state index in [4.69, 9.17) is 22.9 Å². The molecule has 12 nitrogen and oxygen atoms in total. The number of hydrogen-bond donors (Lipinski definition) is 5. The Kier molecular flexibility index (Phi) is 44.7. The van der Waals surface area contributed by atoms with Crippen molar-refractivity contribution in [2.24, 2.45) is 86.5 Å². The van der Waals surface area contributed by atoms with Crippen LogP contribution in [0, 0.1) is 63.6 Å². The van der Waals surface area contributed by atoms with E-state index in [0.29, 0.717) is 38.8 Å². The van der Waals surface area contributed by atoms with Crippen LogP contribution in [0.5, 0.6) is 0 Å². The Morgan fingerprint density at radius 1 is 0.486 bits per heavy atom. The van der Waals surface area contributed by atoms with E-state index in [-0.39, 0.29) is 94.9 Å². The lowest BCUT2D eigenvalue weighted by molar-refractivity contribution is -0.134. The van der Waals surface area contributed by atoms with E-state index in [1.165, 1.54) is 6.92 Å². The summed E-state index contributed by atoms with van der Waals surface area (Å²) in [5.74, 6) is 2.02. The lowest BCUT2D eigenvalue weighted by Crippen LogP contribution is -2.39. The first-order valence-corrected chi connectivity index (χ1v) is 27.9. The molecule has 0 radical (unpaired) electrons. The lowest BCUT2D eigenvalue weighted by atomic mass is 9.78. The molecule has 0 aliphatic carbocycles. The zero-order valence-electron chi connectivity index (χ0n) is 52.2. The van der Waals surface area contributed by atoms with Crippen molar-refractivity contribution in [1.82, 2.24) is 5.32 Å². The number of Topliss-reactive ketones (excluding diaryl/α,β-unsaturated/α-hetero) is 6. The van der Waals surface area contributed by atoms with Gasteiger partial charge in [-0.05, 0) is 73.8 Å². The van der Waals surface area contributed by atoms with Gasteiger partial charge in [-0.15, -0.1) is 0 Å². The first kappa shape index (κ1) is 79.4. The maximum Gasteiger partial charge on any atom is 0.216 e. The Balaban J connectivity index is -0.000000292. The highest BCUT2D eigenvalue weighted by molar-refractivity contribution is 5.94. The molecule has 1 aromatic rings. The second-order valence-corrected chi connectivity index (χ2v) is 26.1. The number of carbonyl (C=O) groups is 7. The molecule has 0 saturated carbocycles. The van der Waals surface area contributed by atoms with E-state index in [1.54, 1.807) is 6.92 Å². The highest BCUT2D eigenvalue weighted by Crippen LogP contribution is 2.28. The van der Waals surface area contributed by atoms with Crippen LogP contribution in [-0.4, -0.2) is 71.8 Å². The molecule has 12 heteroatoms. The summed E-state index contributed by atoms with van der Waals surface area (Å²) in [5, 5.41) is 2.71. The van der Waals surface area contributed by atoms with E-state index >= 15 is 0 Å². The first-order valence-electron chi connectivity index (χ1n) is 27.9. The molecule has 0 fully saturated rings. The summed E-state index contributed by atoms with van der Waals surface area (Å²) in [7, 11) is 0. The normalized spacial score (nSPS) is 13.9. The molecule has 0 saturated heterocycles. The summed E-state index contributed by atoms with van der Waals surface area (Å²) in [6.07, 6.45) is 4.90. The van der Waals surface area contributed by atoms with E-state index < -0.39 is 29.0 Å². The second-order valence-electron chi connectivity index (χ2n) is 26.1. The van der Waals surface area contributed by atoms with E-state index in [9.17, 15) is 33.6 Å². The number of hydrogen-bond acceptors (Lipinski definition) is 11. The van der Waals surface area contributed by atoms with Crippen LogP contribution < -0.4 is 28.3 Å². The predicted molar refractivity (Wildman–Crippen MR) is 315 cm³/mol. The Bertz CT molecular complexity index is 1660. The topological polar surface area (TPSA) is 236 Å². The van der Waals surface area contributed by atoms with Gasteiger partial charge in [-0.3, -0.25) is 33.6 Å². The van der Waals surface area contributed by atoms with Crippen LogP contribution in [0.4, 0.5) is 0 Å². The highest BCUT2D eigenvalue weighted by Gasteiger charge is 2.34. The SMILES string of the molecule is CC(=O)NCCCC(CC(=O)C(N)C(C)C)C(=O)C(C)(C)C.CC(C)(C)C(=O)C(CCCCN)CC(=O)C(N)Cc1ccccc1.CC(C)C.CC(C)C.CC(C)C.CC(CC(=O)C(N)C(C)C)C(=O)C(C)(C)C. The third-order valence-corrected chi connectivity index (χ3v) is 10.8. The average molecular weight is 1050 g/mol. The number of nitrogens with two attached hydrogens (primary N) is 4. The van der Waals surface area contributed by atoms with Gasteiger partial charge in [-0.2, -0.15) is 0 Å². The molecule has 1 aromatic carbocycles. The molecule has 0 heterocycles. The summed E-state index contributed by atoms with van der Waals surface area (Å²) in [6, 6.07) is 8.21. The molecule has 9 N–H and O–H groups in total. The van der Waals surface area contributed by atoms with Crippen LogP contribution in [0.3, 0.4) is 0 Å². The van der Waals surface area contributed by atoms with Gasteiger partial charge in [0.15, 0.2) is 11.6 Å². The summed E-state index contributed by atoms with van der Waals surface area (Å²) in [4.78, 5) is 84.5. The van der Waals surface area contributed by atoms with Gasteiger partial charge >= 0.3 is 0 Å². The minimum Gasteiger partial charge on any atom is -0.356 e. The van der Waals surface area contributed by atoms with Crippen molar-refractivity contribution >= 4 is 40.6 Å². The fourth-order valence-electron chi connectivity index (χ4n) is 6.79. The van der Waals surface area contributed by atoms with Crippen molar-refractivity contribution < 1.29 is 33.6 Å². The van der Waals surface area contributed by atoms with Crippen molar-refractivity contribution in [2.75, 3.05) is 13.1 Å². The number of amides is 1. The minimum absolute atomic E-state index is 0.0138. The number of ketones is 6. The van der Waals surface area contributed by atoms with Gasteiger partial charge in [-0.1, -0.05) is 196 Å². The molecule has 434 valence electrons. The number of rotatable bonds is 24. The van der Waals surface area contributed by atoms with Gasteiger partial charge < -0.3 is 28.3 Å². The van der Waals surface area contributed by atoms with Crippen molar-refractivity contribution in [3.05, 3.63) is 35.9 Å². The van der Waals surface area contributed by atoms with Crippen LogP contribution in [0.25, 0.3) is 0 Å². The number of unbranched alkanes of at least 4 members (excludes halogenated alkanes) is 1. The Hall–Kier alpha value is -3.45. The van der Waals surface area contributed by atoms with Crippen molar-refractivity contribution in [1.29, 1.82) is 0 Å². The summed E-state index contributed by atoms with van der Waals surface area (Å²) < 4.78 is 0. The van der Waals surface area contributed by atoms with Crippen LogP contribution >= 0.6 is 0 Å². The fourth-order valence-corrected chi connectivity index (χ4v) is 6.79. The van der Waals surface area contributed by atoms with Crippen LogP contribution in [-0.2, 0) is 40.0 Å². The smallest absolute Gasteiger partial charge is 0.216 e. The molecule has 6 atom stereocenters. The van der Waals surface area contributed by atoms with E-state index in [1.807, 2.05) is 120 Å². The average Bonchev–Trinajstić information content (AvgIpc) is 3.24. The predicted octanol–water partition coefficient (Wildman–Crippen LogP) is 12.1. The quantitative estimate of drug-likeness (QED) is 0.0611. The maximum atomic E-state index is 12.7. The number of carbonyl (C=O) groups excluding carboxylic acids is 7. The van der Waals surface area contributed by atoms with Crippen LogP contribution in [0.15, 0.2) is 30.3 Å². The maximum absolute atomic E-state index is 12.7. The molecule has 74 heavy (non-hydrogen) atoms. The van der Waals surface area contributed by atoms with Gasteiger partial charge in [0, 0.05) is 66.7 Å². The Labute approximate surface area is 455 Å². The van der Waals surface area contributed by atoms with Gasteiger partial charge in [0.2, 0.25) is 5.91 Å². The van der Waals surface area contributed by atoms with Gasteiger partial charge in [-0.25, -0.2) is 0 Å². The Morgan fingerprint density at radius 2 is 0.824 bits per heavy atom.